The van der Waals surface area contributed by atoms with Crippen molar-refractivity contribution in [1.82, 2.24) is 0 Å². The standard InChI is InChI=1S/C19H21NO5/c1-3-10-24-18(22)15-14-8-9-19(25-14)11-20(17(21)16(15)19)12-4-6-13(23-2)7-5-12/h4-9,14-16H,3,10-11H2,1-2H3/t14-,15-,16-,19-/m0/s1. The van der Waals surface area contributed by atoms with Crippen LogP contribution in [0.25, 0.3) is 0 Å². The molecule has 0 saturated carbocycles. The minimum absolute atomic E-state index is 0.0875. The lowest BCUT2D eigenvalue weighted by atomic mass is 9.77. The summed E-state index contributed by atoms with van der Waals surface area (Å²) in [5.74, 6) is -0.781. The highest BCUT2D eigenvalue weighted by Gasteiger charge is 2.67. The Labute approximate surface area is 146 Å². The Morgan fingerprint density at radius 1 is 1.36 bits per heavy atom. The third-order valence-electron chi connectivity index (χ3n) is 5.21. The van der Waals surface area contributed by atoms with Gasteiger partial charge in [-0.3, -0.25) is 9.59 Å². The van der Waals surface area contributed by atoms with Crippen molar-refractivity contribution in [3.63, 3.8) is 0 Å². The maximum Gasteiger partial charge on any atom is 0.312 e. The van der Waals surface area contributed by atoms with Crippen molar-refractivity contribution in [2.45, 2.75) is 25.0 Å². The number of methoxy groups -OCH3 is 1. The zero-order valence-corrected chi connectivity index (χ0v) is 14.3. The van der Waals surface area contributed by atoms with Gasteiger partial charge >= 0.3 is 5.97 Å². The first-order chi connectivity index (χ1) is 12.1. The topological polar surface area (TPSA) is 65.1 Å². The minimum atomic E-state index is -0.725. The van der Waals surface area contributed by atoms with Crippen LogP contribution in [-0.2, 0) is 19.1 Å². The zero-order chi connectivity index (χ0) is 17.6. The number of carbonyl (C=O) groups is 2. The Hall–Kier alpha value is -2.34. The lowest BCUT2D eigenvalue weighted by molar-refractivity contribution is -0.152. The summed E-state index contributed by atoms with van der Waals surface area (Å²) in [4.78, 5) is 27.3. The first kappa shape index (κ1) is 16.1. The van der Waals surface area contributed by atoms with Gasteiger partial charge in [0.2, 0.25) is 5.91 Å². The molecule has 3 heterocycles. The maximum absolute atomic E-state index is 13.1. The van der Waals surface area contributed by atoms with Crippen LogP contribution in [0.15, 0.2) is 36.4 Å². The van der Waals surface area contributed by atoms with Gasteiger partial charge in [-0.2, -0.15) is 0 Å². The van der Waals surface area contributed by atoms with Gasteiger partial charge in [0.1, 0.15) is 17.3 Å². The van der Waals surface area contributed by atoms with Crippen LogP contribution in [0.3, 0.4) is 0 Å². The molecule has 1 amide bonds. The number of esters is 1. The molecular formula is C19H21NO5. The molecule has 1 spiro atoms. The van der Waals surface area contributed by atoms with Crippen LogP contribution >= 0.6 is 0 Å². The van der Waals surface area contributed by atoms with Crippen LogP contribution < -0.4 is 9.64 Å². The number of benzene rings is 1. The van der Waals surface area contributed by atoms with E-state index in [9.17, 15) is 9.59 Å². The summed E-state index contributed by atoms with van der Waals surface area (Å²) < 4.78 is 16.5. The third kappa shape index (κ3) is 2.35. The molecule has 4 rings (SSSR count). The zero-order valence-electron chi connectivity index (χ0n) is 14.3. The summed E-state index contributed by atoms with van der Waals surface area (Å²) in [6.07, 6.45) is 4.21. The molecule has 0 aliphatic carbocycles. The summed E-state index contributed by atoms with van der Waals surface area (Å²) in [6.45, 7) is 2.72. The van der Waals surface area contributed by atoms with Crippen LogP contribution in [0.4, 0.5) is 5.69 Å². The Morgan fingerprint density at radius 3 is 2.80 bits per heavy atom. The second-order valence-corrected chi connectivity index (χ2v) is 6.69. The fourth-order valence-electron chi connectivity index (χ4n) is 4.05. The largest absolute Gasteiger partial charge is 0.497 e. The summed E-state index contributed by atoms with van der Waals surface area (Å²) in [6, 6.07) is 7.31. The van der Waals surface area contributed by atoms with Crippen LogP contribution in [0, 0.1) is 11.8 Å². The number of rotatable bonds is 5. The summed E-state index contributed by atoms with van der Waals surface area (Å²) >= 11 is 0. The van der Waals surface area contributed by atoms with E-state index in [-0.39, 0.29) is 18.0 Å². The molecule has 0 unspecified atom stereocenters. The normalized spacial score (nSPS) is 32.2. The van der Waals surface area contributed by atoms with Gasteiger partial charge in [-0.1, -0.05) is 19.1 Å². The SMILES string of the molecule is CCCOC(=O)[C@H]1[C@@H]2C=C[C@@]3(CN(c4ccc(OC)cc4)C(=O)[C@H]13)O2. The molecule has 2 bridgehead atoms. The first-order valence-electron chi connectivity index (χ1n) is 8.59. The molecule has 6 heteroatoms. The molecule has 2 saturated heterocycles. The molecule has 1 aromatic rings. The van der Waals surface area contributed by atoms with Gasteiger partial charge in [-0.25, -0.2) is 0 Å². The smallest absolute Gasteiger partial charge is 0.312 e. The molecule has 25 heavy (non-hydrogen) atoms. The van der Waals surface area contributed by atoms with E-state index in [0.29, 0.717) is 13.2 Å². The third-order valence-corrected chi connectivity index (χ3v) is 5.21. The number of ether oxygens (including phenoxy) is 3. The van der Waals surface area contributed by atoms with Crippen molar-refractivity contribution in [2.24, 2.45) is 11.8 Å². The second kappa shape index (κ2) is 5.88. The average molecular weight is 343 g/mol. The molecule has 3 aliphatic heterocycles. The minimum Gasteiger partial charge on any atom is -0.497 e. The Balaban J connectivity index is 1.61. The van der Waals surface area contributed by atoms with Crippen molar-refractivity contribution in [3.8, 4) is 5.75 Å². The lowest BCUT2D eigenvalue weighted by Crippen LogP contribution is -2.40. The summed E-state index contributed by atoms with van der Waals surface area (Å²) in [5, 5.41) is 0. The number of hydrogen-bond donors (Lipinski definition) is 0. The van der Waals surface area contributed by atoms with Crippen LogP contribution in [0.5, 0.6) is 5.75 Å². The van der Waals surface area contributed by atoms with Gasteiger partial charge in [-0.15, -0.1) is 0 Å². The van der Waals surface area contributed by atoms with Crippen molar-refractivity contribution < 1.29 is 23.8 Å². The van der Waals surface area contributed by atoms with Crippen molar-refractivity contribution in [2.75, 3.05) is 25.2 Å². The van der Waals surface area contributed by atoms with Crippen molar-refractivity contribution >= 4 is 17.6 Å². The van der Waals surface area contributed by atoms with E-state index in [1.807, 2.05) is 43.3 Å². The van der Waals surface area contributed by atoms with E-state index >= 15 is 0 Å². The van der Waals surface area contributed by atoms with Gasteiger partial charge in [0.05, 0.1) is 32.3 Å². The second-order valence-electron chi connectivity index (χ2n) is 6.69. The Morgan fingerprint density at radius 2 is 2.12 bits per heavy atom. The van der Waals surface area contributed by atoms with E-state index in [0.717, 1.165) is 17.9 Å². The number of amides is 1. The van der Waals surface area contributed by atoms with Crippen molar-refractivity contribution in [1.29, 1.82) is 0 Å². The predicted octanol–water partition coefficient (Wildman–Crippen LogP) is 1.93. The molecule has 1 aromatic carbocycles. The fraction of sp³-hybridized carbons (Fsp3) is 0.474. The van der Waals surface area contributed by atoms with E-state index in [2.05, 4.69) is 0 Å². The highest BCUT2D eigenvalue weighted by Crippen LogP contribution is 2.52. The Bertz CT molecular complexity index is 728. The maximum atomic E-state index is 13.1. The van der Waals surface area contributed by atoms with Gasteiger partial charge < -0.3 is 19.1 Å². The summed E-state index contributed by atoms with van der Waals surface area (Å²) in [7, 11) is 1.60. The fourth-order valence-corrected chi connectivity index (χ4v) is 4.05. The number of anilines is 1. The highest BCUT2D eigenvalue weighted by atomic mass is 16.6. The quantitative estimate of drug-likeness (QED) is 0.604. The van der Waals surface area contributed by atoms with E-state index < -0.39 is 17.4 Å². The molecule has 3 aliphatic rings. The first-order valence-corrected chi connectivity index (χ1v) is 8.59. The molecule has 6 nitrogen and oxygen atoms in total. The number of nitrogens with zero attached hydrogens (tertiary/aromatic N) is 1. The van der Waals surface area contributed by atoms with Gasteiger partial charge in [0.25, 0.3) is 0 Å². The number of carbonyl (C=O) groups excluding carboxylic acids is 2. The Kier molecular flexibility index (Phi) is 3.80. The van der Waals surface area contributed by atoms with Crippen LogP contribution in [0.1, 0.15) is 13.3 Å². The molecule has 0 aromatic heterocycles. The van der Waals surface area contributed by atoms with E-state index in [1.165, 1.54) is 0 Å². The highest BCUT2D eigenvalue weighted by molar-refractivity contribution is 6.02. The summed E-state index contributed by atoms with van der Waals surface area (Å²) in [5.41, 5.74) is 0.0492. The molecule has 4 atom stereocenters. The number of fused-ring (bicyclic) bond motifs is 1. The monoisotopic (exact) mass is 343 g/mol. The van der Waals surface area contributed by atoms with E-state index in [4.69, 9.17) is 14.2 Å². The molecule has 0 N–H and O–H groups in total. The van der Waals surface area contributed by atoms with Crippen LogP contribution in [0.2, 0.25) is 0 Å². The van der Waals surface area contributed by atoms with Gasteiger partial charge in [0.15, 0.2) is 0 Å². The number of hydrogen-bond acceptors (Lipinski definition) is 5. The van der Waals surface area contributed by atoms with Gasteiger partial charge in [0, 0.05) is 5.69 Å². The van der Waals surface area contributed by atoms with Crippen molar-refractivity contribution in [3.05, 3.63) is 36.4 Å². The molecule has 0 radical (unpaired) electrons. The van der Waals surface area contributed by atoms with Gasteiger partial charge in [-0.05, 0) is 30.7 Å². The lowest BCUT2D eigenvalue weighted by Gasteiger charge is -2.22. The predicted molar refractivity (Wildman–Crippen MR) is 90.3 cm³/mol. The molecule has 2 fully saturated rings. The average Bonchev–Trinajstić information content (AvgIpc) is 3.28. The molecule has 132 valence electrons. The van der Waals surface area contributed by atoms with Crippen LogP contribution in [-0.4, -0.2) is 43.8 Å². The molecular weight excluding hydrogens is 322 g/mol. The van der Waals surface area contributed by atoms with E-state index in [1.54, 1.807) is 12.0 Å².